The molecule has 3 rings (SSSR count). The molecule has 0 unspecified atom stereocenters. The number of carbonyl (C=O) groups excluding carboxylic acids is 1. The van der Waals surface area contributed by atoms with Crippen LogP contribution in [0.3, 0.4) is 0 Å². The number of rotatable bonds is 9. The third-order valence-electron chi connectivity index (χ3n) is 5.05. The topological polar surface area (TPSA) is 94.2 Å². The van der Waals surface area contributed by atoms with E-state index in [1.54, 1.807) is 18.2 Å². The highest BCUT2D eigenvalue weighted by atomic mass is 32.2. The van der Waals surface area contributed by atoms with E-state index in [0.29, 0.717) is 22.9 Å². The number of benzene rings is 2. The quantitative estimate of drug-likeness (QED) is 0.576. The number of hydrogen-bond acceptors (Lipinski definition) is 6. The highest BCUT2D eigenvalue weighted by molar-refractivity contribution is 7.92. The normalized spacial score (nSPS) is 13.0. The summed E-state index contributed by atoms with van der Waals surface area (Å²) >= 11 is 0. The van der Waals surface area contributed by atoms with Gasteiger partial charge in [-0.05, 0) is 42.2 Å². The van der Waals surface area contributed by atoms with E-state index in [1.807, 2.05) is 24.3 Å². The molecule has 0 bridgehead atoms. The van der Waals surface area contributed by atoms with Crippen LogP contribution < -0.4 is 23.8 Å². The standard InChI is InChI=1S/C23H30N2O6S/c1-5-32(27,28)25(18-8-11-20-21(14-18)31-16-30-20)15-22(26)24-12-13-29-19-9-6-17(7-10-19)23(2,3)4/h6-11,14H,5,12-13,15-16H2,1-4H3,(H,24,26). The molecule has 174 valence electrons. The third kappa shape index (κ3) is 5.85. The molecule has 0 aromatic heterocycles. The van der Waals surface area contributed by atoms with Crippen LogP contribution in [0.25, 0.3) is 0 Å². The van der Waals surface area contributed by atoms with Gasteiger partial charge in [0, 0.05) is 6.07 Å². The molecule has 9 heteroatoms. The van der Waals surface area contributed by atoms with Gasteiger partial charge in [-0.1, -0.05) is 32.9 Å². The summed E-state index contributed by atoms with van der Waals surface area (Å²) < 4.78 is 42.5. The molecule has 0 atom stereocenters. The smallest absolute Gasteiger partial charge is 0.240 e. The van der Waals surface area contributed by atoms with Crippen LogP contribution in [0.1, 0.15) is 33.3 Å². The van der Waals surface area contributed by atoms with Crippen LogP contribution in [-0.4, -0.2) is 46.6 Å². The average Bonchev–Trinajstić information content (AvgIpc) is 3.22. The number of carbonyl (C=O) groups is 1. The van der Waals surface area contributed by atoms with E-state index >= 15 is 0 Å². The van der Waals surface area contributed by atoms with Crippen molar-refractivity contribution in [1.82, 2.24) is 5.32 Å². The highest BCUT2D eigenvalue weighted by Crippen LogP contribution is 2.36. The van der Waals surface area contributed by atoms with E-state index in [9.17, 15) is 13.2 Å². The first-order valence-electron chi connectivity index (χ1n) is 10.5. The Morgan fingerprint density at radius 2 is 1.78 bits per heavy atom. The van der Waals surface area contributed by atoms with Crippen molar-refractivity contribution in [2.24, 2.45) is 0 Å². The van der Waals surface area contributed by atoms with Crippen molar-refractivity contribution in [1.29, 1.82) is 0 Å². The van der Waals surface area contributed by atoms with Crippen LogP contribution in [0.4, 0.5) is 5.69 Å². The Morgan fingerprint density at radius 1 is 1.09 bits per heavy atom. The SMILES string of the molecule is CCS(=O)(=O)N(CC(=O)NCCOc1ccc(C(C)(C)C)cc1)c1ccc2c(c1)OCO2. The zero-order valence-corrected chi connectivity index (χ0v) is 19.7. The number of anilines is 1. The Morgan fingerprint density at radius 3 is 2.44 bits per heavy atom. The van der Waals surface area contributed by atoms with Gasteiger partial charge in [0.05, 0.1) is 18.0 Å². The molecule has 0 spiro atoms. The minimum absolute atomic E-state index is 0.0647. The molecule has 1 N–H and O–H groups in total. The van der Waals surface area contributed by atoms with Crippen LogP contribution in [0.2, 0.25) is 0 Å². The van der Waals surface area contributed by atoms with Crippen LogP contribution in [0, 0.1) is 0 Å². The highest BCUT2D eigenvalue weighted by Gasteiger charge is 2.25. The summed E-state index contributed by atoms with van der Waals surface area (Å²) in [5, 5.41) is 2.71. The maximum Gasteiger partial charge on any atom is 0.240 e. The number of hydrogen-bond donors (Lipinski definition) is 1. The Kier molecular flexibility index (Phi) is 7.18. The fraction of sp³-hybridized carbons (Fsp3) is 0.435. The van der Waals surface area contributed by atoms with E-state index in [2.05, 4.69) is 26.1 Å². The second-order valence-electron chi connectivity index (χ2n) is 8.42. The van der Waals surface area contributed by atoms with Crippen LogP contribution in [-0.2, 0) is 20.2 Å². The number of fused-ring (bicyclic) bond motifs is 1. The van der Waals surface area contributed by atoms with Crippen molar-refractivity contribution in [3.8, 4) is 17.2 Å². The van der Waals surface area contributed by atoms with Gasteiger partial charge in [-0.3, -0.25) is 9.10 Å². The zero-order chi connectivity index (χ0) is 23.4. The lowest BCUT2D eigenvalue weighted by atomic mass is 9.87. The van der Waals surface area contributed by atoms with Gasteiger partial charge in [-0.15, -0.1) is 0 Å². The lowest BCUT2D eigenvalue weighted by molar-refractivity contribution is -0.119. The molecule has 1 aliphatic heterocycles. The van der Waals surface area contributed by atoms with Gasteiger partial charge in [0.25, 0.3) is 0 Å². The first kappa shape index (κ1) is 23.7. The van der Waals surface area contributed by atoms with Gasteiger partial charge in [0.15, 0.2) is 11.5 Å². The summed E-state index contributed by atoms with van der Waals surface area (Å²) in [6.45, 7) is 8.23. The lowest BCUT2D eigenvalue weighted by Gasteiger charge is -2.23. The summed E-state index contributed by atoms with van der Waals surface area (Å²) in [6.07, 6.45) is 0. The van der Waals surface area contributed by atoms with E-state index < -0.39 is 15.9 Å². The predicted molar refractivity (Wildman–Crippen MR) is 123 cm³/mol. The summed E-state index contributed by atoms with van der Waals surface area (Å²) in [7, 11) is -3.67. The van der Waals surface area contributed by atoms with Crippen molar-refractivity contribution in [2.75, 3.05) is 36.5 Å². The minimum Gasteiger partial charge on any atom is -0.492 e. The molecule has 0 fully saturated rings. The monoisotopic (exact) mass is 462 g/mol. The number of nitrogens with one attached hydrogen (secondary N) is 1. The van der Waals surface area contributed by atoms with Crippen LogP contribution in [0.5, 0.6) is 17.2 Å². The summed E-state index contributed by atoms with van der Waals surface area (Å²) in [5.41, 5.74) is 1.62. The molecular weight excluding hydrogens is 432 g/mol. The van der Waals surface area contributed by atoms with Gasteiger partial charge in [0.2, 0.25) is 22.7 Å². The molecule has 0 aliphatic carbocycles. The van der Waals surface area contributed by atoms with Crippen molar-refractivity contribution >= 4 is 21.6 Å². The summed E-state index contributed by atoms with van der Waals surface area (Å²) in [5.74, 6) is 1.14. The molecule has 8 nitrogen and oxygen atoms in total. The molecule has 0 saturated heterocycles. The van der Waals surface area contributed by atoms with Gasteiger partial charge in [-0.2, -0.15) is 0 Å². The maximum absolute atomic E-state index is 12.6. The minimum atomic E-state index is -3.67. The van der Waals surface area contributed by atoms with Gasteiger partial charge in [-0.25, -0.2) is 8.42 Å². The zero-order valence-electron chi connectivity index (χ0n) is 18.9. The number of nitrogens with zero attached hydrogens (tertiary/aromatic N) is 1. The van der Waals surface area contributed by atoms with Crippen LogP contribution in [0.15, 0.2) is 42.5 Å². The lowest BCUT2D eigenvalue weighted by Crippen LogP contribution is -2.42. The van der Waals surface area contributed by atoms with Gasteiger partial charge < -0.3 is 19.5 Å². The molecule has 1 amide bonds. The van der Waals surface area contributed by atoms with Crippen molar-refractivity contribution in [3.05, 3.63) is 48.0 Å². The number of amides is 1. The molecule has 1 aliphatic rings. The molecule has 2 aromatic carbocycles. The fourth-order valence-electron chi connectivity index (χ4n) is 3.14. The van der Waals surface area contributed by atoms with Crippen LogP contribution >= 0.6 is 0 Å². The molecule has 0 radical (unpaired) electrons. The fourth-order valence-corrected chi connectivity index (χ4v) is 4.20. The summed E-state index contributed by atoms with van der Waals surface area (Å²) in [6, 6.07) is 12.6. The van der Waals surface area contributed by atoms with E-state index in [-0.39, 0.29) is 37.7 Å². The first-order valence-corrected chi connectivity index (χ1v) is 12.1. The summed E-state index contributed by atoms with van der Waals surface area (Å²) in [4.78, 5) is 12.5. The Balaban J connectivity index is 1.55. The first-order chi connectivity index (χ1) is 15.1. The Hall–Kier alpha value is -2.94. The van der Waals surface area contributed by atoms with Crippen molar-refractivity contribution in [2.45, 2.75) is 33.1 Å². The van der Waals surface area contributed by atoms with E-state index in [4.69, 9.17) is 14.2 Å². The van der Waals surface area contributed by atoms with Crippen molar-refractivity contribution < 1.29 is 27.4 Å². The average molecular weight is 463 g/mol. The Labute approximate surface area is 189 Å². The van der Waals surface area contributed by atoms with E-state index in [0.717, 1.165) is 4.31 Å². The second-order valence-corrected chi connectivity index (χ2v) is 10.6. The second kappa shape index (κ2) is 9.68. The largest absolute Gasteiger partial charge is 0.492 e. The Bertz CT molecular complexity index is 1050. The number of sulfonamides is 1. The number of ether oxygens (including phenoxy) is 3. The predicted octanol–water partition coefficient (Wildman–Crippen LogP) is 3.06. The van der Waals surface area contributed by atoms with Gasteiger partial charge >= 0.3 is 0 Å². The van der Waals surface area contributed by atoms with E-state index in [1.165, 1.54) is 12.5 Å². The molecule has 32 heavy (non-hydrogen) atoms. The van der Waals surface area contributed by atoms with Crippen molar-refractivity contribution in [3.63, 3.8) is 0 Å². The molecule has 1 heterocycles. The molecule has 0 saturated carbocycles. The molecule has 2 aromatic rings. The molecular formula is C23H30N2O6S. The van der Waals surface area contributed by atoms with Gasteiger partial charge in [0.1, 0.15) is 18.9 Å². The third-order valence-corrected chi connectivity index (χ3v) is 6.79. The maximum atomic E-state index is 12.6.